The number of para-hydroxylation sites is 2. The van der Waals surface area contributed by atoms with Crippen LogP contribution in [0, 0.1) is 0 Å². The number of phenolic OH excluding ortho intramolecular Hbond substituents is 1. The van der Waals surface area contributed by atoms with Crippen molar-refractivity contribution in [1.82, 2.24) is 5.32 Å². The number of carbonyl (C=O) groups is 2. The first-order valence-corrected chi connectivity index (χ1v) is 5.95. The first-order chi connectivity index (χ1) is 9.52. The maximum absolute atomic E-state index is 11.5. The van der Waals surface area contributed by atoms with E-state index in [-0.39, 0.29) is 31.1 Å². The molecule has 0 aliphatic rings. The lowest BCUT2D eigenvalue weighted by atomic mass is 10.2. The van der Waals surface area contributed by atoms with Gasteiger partial charge in [0.25, 0.3) is 5.91 Å². The number of carboxylic acids is 1. The van der Waals surface area contributed by atoms with E-state index in [1.165, 1.54) is 19.2 Å². The molecule has 1 rings (SSSR count). The third-order valence-corrected chi connectivity index (χ3v) is 2.49. The largest absolute Gasteiger partial charge is 0.504 e. The van der Waals surface area contributed by atoms with Crippen LogP contribution < -0.4 is 10.1 Å². The van der Waals surface area contributed by atoms with E-state index in [1.807, 2.05) is 0 Å². The van der Waals surface area contributed by atoms with Crippen LogP contribution in [0.15, 0.2) is 24.3 Å². The summed E-state index contributed by atoms with van der Waals surface area (Å²) >= 11 is 0. The highest BCUT2D eigenvalue weighted by molar-refractivity contribution is 5.77. The van der Waals surface area contributed by atoms with E-state index >= 15 is 0 Å². The molecule has 0 saturated carbocycles. The van der Waals surface area contributed by atoms with Gasteiger partial charge in [-0.3, -0.25) is 9.59 Å². The molecule has 20 heavy (non-hydrogen) atoms. The van der Waals surface area contributed by atoms with Crippen LogP contribution in [0.5, 0.6) is 11.5 Å². The van der Waals surface area contributed by atoms with Gasteiger partial charge in [-0.25, -0.2) is 0 Å². The number of hydrogen-bond donors (Lipinski definition) is 3. The molecule has 110 valence electrons. The van der Waals surface area contributed by atoms with E-state index in [2.05, 4.69) is 5.32 Å². The molecule has 1 unspecified atom stereocenters. The molecule has 0 aromatic heterocycles. The Hall–Kier alpha value is -2.28. The van der Waals surface area contributed by atoms with E-state index < -0.39 is 18.0 Å². The Morgan fingerprint density at radius 2 is 2.05 bits per heavy atom. The molecule has 1 aromatic rings. The minimum Gasteiger partial charge on any atom is -0.504 e. The minimum absolute atomic E-state index is 0.0547. The van der Waals surface area contributed by atoms with E-state index in [0.29, 0.717) is 0 Å². The average Bonchev–Trinajstić information content (AvgIpc) is 2.42. The summed E-state index contributed by atoms with van der Waals surface area (Å²) in [6.45, 7) is -0.202. The maximum atomic E-state index is 11.5. The van der Waals surface area contributed by atoms with Crippen LogP contribution in [0.3, 0.4) is 0 Å². The zero-order valence-electron chi connectivity index (χ0n) is 11.0. The molecule has 0 bridgehead atoms. The highest BCUT2D eigenvalue weighted by Crippen LogP contribution is 2.23. The zero-order chi connectivity index (χ0) is 15.0. The molecule has 0 saturated heterocycles. The number of rotatable bonds is 8. The van der Waals surface area contributed by atoms with Crippen LogP contribution >= 0.6 is 0 Å². The molecular weight excluding hydrogens is 266 g/mol. The Bertz CT molecular complexity index is 462. The van der Waals surface area contributed by atoms with Gasteiger partial charge in [-0.1, -0.05) is 12.1 Å². The number of aliphatic carboxylic acids is 1. The number of ether oxygens (including phenoxy) is 2. The standard InChI is InChI=1S/C13H17NO6/c1-19-9(6-13(17)18)7-14-12(16)8-20-11-5-3-2-4-10(11)15/h2-5,9,15H,6-8H2,1H3,(H,14,16)(H,17,18). The molecule has 0 heterocycles. The van der Waals surface area contributed by atoms with E-state index in [1.54, 1.807) is 12.1 Å². The van der Waals surface area contributed by atoms with Gasteiger partial charge in [-0.05, 0) is 12.1 Å². The molecule has 0 aliphatic carbocycles. The average molecular weight is 283 g/mol. The van der Waals surface area contributed by atoms with Crippen LogP contribution in [0.4, 0.5) is 0 Å². The number of hydrogen-bond acceptors (Lipinski definition) is 5. The Kier molecular flexibility index (Phi) is 6.31. The Labute approximate surface area is 116 Å². The third-order valence-electron chi connectivity index (χ3n) is 2.49. The Morgan fingerprint density at radius 3 is 2.65 bits per heavy atom. The summed E-state index contributed by atoms with van der Waals surface area (Å²) < 4.78 is 10.0. The molecule has 0 spiro atoms. The number of aromatic hydroxyl groups is 1. The highest BCUT2D eigenvalue weighted by Gasteiger charge is 2.14. The molecule has 7 heteroatoms. The molecule has 1 amide bonds. The molecule has 1 atom stereocenters. The summed E-state index contributed by atoms with van der Waals surface area (Å²) in [7, 11) is 1.37. The maximum Gasteiger partial charge on any atom is 0.306 e. The molecule has 0 radical (unpaired) electrons. The third kappa shape index (κ3) is 5.57. The van der Waals surface area contributed by atoms with Gasteiger partial charge in [0.2, 0.25) is 0 Å². The Balaban J connectivity index is 2.33. The molecule has 3 N–H and O–H groups in total. The van der Waals surface area contributed by atoms with Crippen molar-refractivity contribution in [3.63, 3.8) is 0 Å². The molecule has 1 aromatic carbocycles. The van der Waals surface area contributed by atoms with Crippen LogP contribution in [0.1, 0.15) is 6.42 Å². The van der Waals surface area contributed by atoms with Gasteiger partial charge in [-0.2, -0.15) is 0 Å². The fraction of sp³-hybridized carbons (Fsp3) is 0.385. The van der Waals surface area contributed by atoms with Crippen molar-refractivity contribution in [3.8, 4) is 11.5 Å². The van der Waals surface area contributed by atoms with Gasteiger partial charge in [-0.15, -0.1) is 0 Å². The lowest BCUT2D eigenvalue weighted by Crippen LogP contribution is -2.37. The summed E-state index contributed by atoms with van der Waals surface area (Å²) in [5.41, 5.74) is 0. The summed E-state index contributed by atoms with van der Waals surface area (Å²) in [5, 5.41) is 20.5. The second-order valence-corrected chi connectivity index (χ2v) is 4.02. The fourth-order valence-electron chi connectivity index (χ4n) is 1.43. The first kappa shape index (κ1) is 15.8. The number of phenols is 1. The van der Waals surface area contributed by atoms with Crippen LogP contribution in [-0.4, -0.2) is 48.5 Å². The normalized spacial score (nSPS) is 11.7. The second kappa shape index (κ2) is 8.00. The van der Waals surface area contributed by atoms with Gasteiger partial charge in [0.05, 0.1) is 12.5 Å². The topological polar surface area (TPSA) is 105 Å². The van der Waals surface area contributed by atoms with Gasteiger partial charge in [0.15, 0.2) is 18.1 Å². The number of amides is 1. The summed E-state index contributed by atoms with van der Waals surface area (Å²) in [5.74, 6) is -1.28. The number of nitrogens with one attached hydrogen (secondary N) is 1. The first-order valence-electron chi connectivity index (χ1n) is 5.95. The molecule has 0 fully saturated rings. The fourth-order valence-corrected chi connectivity index (χ4v) is 1.43. The van der Waals surface area contributed by atoms with Crippen LogP contribution in [0.25, 0.3) is 0 Å². The number of carboxylic acid groups (broad SMARTS) is 1. The van der Waals surface area contributed by atoms with Crippen molar-refractivity contribution in [2.75, 3.05) is 20.3 Å². The highest BCUT2D eigenvalue weighted by atomic mass is 16.5. The van der Waals surface area contributed by atoms with Crippen LogP contribution in [-0.2, 0) is 14.3 Å². The van der Waals surface area contributed by atoms with Gasteiger partial charge >= 0.3 is 5.97 Å². The van der Waals surface area contributed by atoms with Crippen molar-refractivity contribution < 1.29 is 29.3 Å². The van der Waals surface area contributed by atoms with Crippen molar-refractivity contribution in [2.45, 2.75) is 12.5 Å². The van der Waals surface area contributed by atoms with E-state index in [9.17, 15) is 14.7 Å². The zero-order valence-corrected chi connectivity index (χ0v) is 11.0. The molecular formula is C13H17NO6. The molecule has 0 aliphatic heterocycles. The Morgan fingerprint density at radius 1 is 1.35 bits per heavy atom. The van der Waals surface area contributed by atoms with E-state index in [4.69, 9.17) is 14.6 Å². The van der Waals surface area contributed by atoms with Crippen molar-refractivity contribution in [3.05, 3.63) is 24.3 Å². The van der Waals surface area contributed by atoms with Gasteiger partial charge < -0.3 is 25.0 Å². The quantitative estimate of drug-likeness (QED) is 0.637. The minimum atomic E-state index is -1.00. The number of carbonyl (C=O) groups excluding carboxylic acids is 1. The summed E-state index contributed by atoms with van der Waals surface area (Å²) in [6.07, 6.45) is -0.793. The number of benzene rings is 1. The van der Waals surface area contributed by atoms with Gasteiger partial charge in [0.1, 0.15) is 0 Å². The van der Waals surface area contributed by atoms with Crippen molar-refractivity contribution in [1.29, 1.82) is 0 Å². The smallest absolute Gasteiger partial charge is 0.306 e. The van der Waals surface area contributed by atoms with Crippen molar-refractivity contribution >= 4 is 11.9 Å². The second-order valence-electron chi connectivity index (χ2n) is 4.02. The lowest BCUT2D eigenvalue weighted by Gasteiger charge is -2.14. The van der Waals surface area contributed by atoms with Gasteiger partial charge in [0, 0.05) is 13.7 Å². The predicted molar refractivity (Wildman–Crippen MR) is 69.7 cm³/mol. The van der Waals surface area contributed by atoms with Crippen molar-refractivity contribution in [2.24, 2.45) is 0 Å². The van der Waals surface area contributed by atoms with Crippen LogP contribution in [0.2, 0.25) is 0 Å². The van der Waals surface area contributed by atoms with E-state index in [0.717, 1.165) is 0 Å². The summed E-state index contributed by atoms with van der Waals surface area (Å²) in [6, 6.07) is 6.28. The predicted octanol–water partition coefficient (Wildman–Crippen LogP) is 0.377. The summed E-state index contributed by atoms with van der Waals surface area (Å²) in [4.78, 5) is 22.0. The number of methoxy groups -OCH3 is 1. The monoisotopic (exact) mass is 283 g/mol. The SMILES string of the molecule is COC(CNC(=O)COc1ccccc1O)CC(=O)O. The lowest BCUT2D eigenvalue weighted by molar-refractivity contribution is -0.140. The molecule has 7 nitrogen and oxygen atoms in total.